The summed E-state index contributed by atoms with van der Waals surface area (Å²) in [6.07, 6.45) is 0.541. The number of amides is 2. The molecule has 2 aromatic rings. The molecule has 0 saturated heterocycles. The molecule has 2 amide bonds. The van der Waals surface area contributed by atoms with Crippen molar-refractivity contribution in [1.82, 2.24) is 14.9 Å². The molecule has 33 heavy (non-hydrogen) atoms. The van der Waals surface area contributed by atoms with E-state index in [9.17, 15) is 22.8 Å². The first-order valence-electron chi connectivity index (χ1n) is 9.59. The molecule has 0 aliphatic carbocycles. The molecule has 0 radical (unpaired) electrons. The van der Waals surface area contributed by atoms with Crippen LogP contribution in [0.25, 0.3) is 0 Å². The molecule has 3 heterocycles. The smallest absolute Gasteiger partial charge is 0.422 e. The number of nitrogens with one attached hydrogen (secondary N) is 1. The van der Waals surface area contributed by atoms with Gasteiger partial charge in [0.15, 0.2) is 18.9 Å². The molecule has 3 rings (SSSR count). The maximum atomic E-state index is 12.9. The van der Waals surface area contributed by atoms with Gasteiger partial charge in [0.05, 0.1) is 18.8 Å². The molecule has 1 atom stereocenters. The number of hydrogen-bond donors (Lipinski definition) is 3. The highest BCUT2D eigenvalue weighted by Crippen LogP contribution is 2.30. The molecule has 0 bridgehead atoms. The minimum absolute atomic E-state index is 0.0243. The lowest BCUT2D eigenvalue weighted by atomic mass is 10.1. The average Bonchev–Trinajstić information content (AvgIpc) is 3.40. The zero-order chi connectivity index (χ0) is 24.3. The minimum Gasteiger partial charge on any atom is -0.470 e. The minimum atomic E-state index is -4.53. The van der Waals surface area contributed by atoms with Crippen LogP contribution in [0.2, 0.25) is 0 Å². The van der Waals surface area contributed by atoms with Crippen molar-refractivity contribution in [2.75, 3.05) is 11.9 Å². The molecule has 1 aliphatic rings. The fourth-order valence-corrected chi connectivity index (χ4v) is 3.06. The molecule has 10 nitrogen and oxygen atoms in total. The van der Waals surface area contributed by atoms with Gasteiger partial charge in [0, 0.05) is 28.6 Å². The fraction of sp³-hybridized carbons (Fsp3) is 0.300. The van der Waals surface area contributed by atoms with E-state index in [0.29, 0.717) is 11.1 Å². The zero-order valence-electron chi connectivity index (χ0n) is 17.6. The second-order valence-corrected chi connectivity index (χ2v) is 7.21. The number of aromatic nitrogens is 2. The number of alkyl halides is 3. The summed E-state index contributed by atoms with van der Waals surface area (Å²) in [5.41, 5.74) is 12.8. The first kappa shape index (κ1) is 23.6. The molecule has 1 unspecified atom stereocenters. The normalized spacial score (nSPS) is 15.7. The van der Waals surface area contributed by atoms with Crippen LogP contribution in [0.5, 0.6) is 0 Å². The van der Waals surface area contributed by atoms with E-state index < -0.39 is 30.6 Å². The van der Waals surface area contributed by atoms with Gasteiger partial charge in [-0.05, 0) is 26.0 Å². The Morgan fingerprint density at radius 3 is 2.79 bits per heavy atom. The van der Waals surface area contributed by atoms with E-state index in [1.165, 1.54) is 36.4 Å². The van der Waals surface area contributed by atoms with Crippen molar-refractivity contribution in [2.24, 2.45) is 11.5 Å². The lowest BCUT2D eigenvalue weighted by Gasteiger charge is -2.25. The van der Waals surface area contributed by atoms with E-state index in [1.54, 1.807) is 6.92 Å². The van der Waals surface area contributed by atoms with Gasteiger partial charge in [0.1, 0.15) is 5.82 Å². The highest BCUT2D eigenvalue weighted by molar-refractivity contribution is 6.05. The molecule has 0 fully saturated rings. The number of carbonyl (C=O) groups excluding carboxylic acids is 2. The third-order valence-corrected chi connectivity index (χ3v) is 4.88. The number of ether oxygens (including phenoxy) is 1. The van der Waals surface area contributed by atoms with Crippen LogP contribution in [0, 0.1) is 0 Å². The van der Waals surface area contributed by atoms with Crippen molar-refractivity contribution in [3.63, 3.8) is 0 Å². The van der Waals surface area contributed by atoms with E-state index in [4.69, 9.17) is 15.9 Å². The summed E-state index contributed by atoms with van der Waals surface area (Å²) in [7, 11) is 0. The van der Waals surface area contributed by atoms with Crippen LogP contribution < -0.4 is 16.8 Å². The van der Waals surface area contributed by atoms with Gasteiger partial charge in [0.2, 0.25) is 5.76 Å². The van der Waals surface area contributed by atoms with Crippen molar-refractivity contribution in [2.45, 2.75) is 32.6 Å². The summed E-state index contributed by atoms with van der Waals surface area (Å²) in [6, 6.07) is 0.871. The van der Waals surface area contributed by atoms with Crippen molar-refractivity contribution < 1.29 is 31.9 Å². The number of oxazole rings is 1. The maximum absolute atomic E-state index is 12.9. The molecule has 1 aliphatic heterocycles. The summed E-state index contributed by atoms with van der Waals surface area (Å²) in [5.74, 6) is -1.21. The third-order valence-electron chi connectivity index (χ3n) is 4.88. The van der Waals surface area contributed by atoms with Gasteiger partial charge in [0.25, 0.3) is 11.8 Å². The first-order chi connectivity index (χ1) is 15.5. The fourth-order valence-electron chi connectivity index (χ4n) is 3.06. The van der Waals surface area contributed by atoms with Gasteiger partial charge >= 0.3 is 6.18 Å². The first-order valence-corrected chi connectivity index (χ1v) is 9.59. The number of fused-ring (bicyclic) bond motifs is 1. The predicted octanol–water partition coefficient (Wildman–Crippen LogP) is 2.28. The Hall–Kier alpha value is -4.03. The quantitative estimate of drug-likeness (QED) is 0.416. The average molecular weight is 466 g/mol. The summed E-state index contributed by atoms with van der Waals surface area (Å²) in [6.45, 7) is 1.64. The largest absolute Gasteiger partial charge is 0.470 e. The SMILES string of the molecule is CC(/C=C(\N)C(C)N1Cc2c(ccnc2NC(=O)c2cnco2)C1=O)=C(/N)OCC(F)(F)F. The Morgan fingerprint density at radius 2 is 2.15 bits per heavy atom. The van der Waals surface area contributed by atoms with Crippen LogP contribution in [0.1, 0.15) is 40.3 Å². The third kappa shape index (κ3) is 5.42. The van der Waals surface area contributed by atoms with E-state index in [-0.39, 0.29) is 35.3 Å². The van der Waals surface area contributed by atoms with Gasteiger partial charge < -0.3 is 30.8 Å². The highest BCUT2D eigenvalue weighted by Gasteiger charge is 2.34. The van der Waals surface area contributed by atoms with E-state index >= 15 is 0 Å². The van der Waals surface area contributed by atoms with Crippen molar-refractivity contribution >= 4 is 17.6 Å². The number of rotatable bonds is 7. The van der Waals surface area contributed by atoms with Gasteiger partial charge in [-0.15, -0.1) is 0 Å². The number of carbonyl (C=O) groups is 2. The second kappa shape index (κ2) is 9.22. The van der Waals surface area contributed by atoms with Crippen molar-refractivity contribution in [3.05, 3.63) is 65.0 Å². The predicted molar refractivity (Wildman–Crippen MR) is 109 cm³/mol. The van der Waals surface area contributed by atoms with Crippen LogP contribution in [0.3, 0.4) is 0 Å². The summed E-state index contributed by atoms with van der Waals surface area (Å²) < 4.78 is 46.4. The number of nitrogens with two attached hydrogens (primary N) is 2. The maximum Gasteiger partial charge on any atom is 0.422 e. The molecule has 5 N–H and O–H groups in total. The number of allylic oxidation sites excluding steroid dienone is 2. The number of anilines is 1. The molecular formula is C20H21F3N6O4. The topological polar surface area (TPSA) is 150 Å². The van der Waals surface area contributed by atoms with Crippen LogP contribution in [0.4, 0.5) is 19.0 Å². The number of pyridine rings is 1. The Bertz CT molecular complexity index is 1110. The Balaban J connectivity index is 1.76. The monoisotopic (exact) mass is 466 g/mol. The Labute approximate surface area is 186 Å². The molecule has 0 saturated carbocycles. The lowest BCUT2D eigenvalue weighted by molar-refractivity contribution is -0.165. The summed E-state index contributed by atoms with van der Waals surface area (Å²) in [5, 5.41) is 2.59. The Kier molecular flexibility index (Phi) is 6.60. The highest BCUT2D eigenvalue weighted by atomic mass is 19.4. The van der Waals surface area contributed by atoms with E-state index in [1.807, 2.05) is 0 Å². The van der Waals surface area contributed by atoms with E-state index in [0.717, 1.165) is 6.39 Å². The van der Waals surface area contributed by atoms with Gasteiger partial charge in [-0.25, -0.2) is 9.97 Å². The van der Waals surface area contributed by atoms with Crippen molar-refractivity contribution in [1.29, 1.82) is 0 Å². The van der Waals surface area contributed by atoms with Crippen LogP contribution in [-0.4, -0.2) is 45.5 Å². The van der Waals surface area contributed by atoms with Crippen molar-refractivity contribution in [3.8, 4) is 0 Å². The molecule has 176 valence electrons. The molecule has 2 aromatic heterocycles. The Morgan fingerprint density at radius 1 is 1.42 bits per heavy atom. The second-order valence-electron chi connectivity index (χ2n) is 7.21. The zero-order valence-corrected chi connectivity index (χ0v) is 17.6. The number of hydrogen-bond acceptors (Lipinski definition) is 8. The van der Waals surface area contributed by atoms with Gasteiger partial charge in [-0.3, -0.25) is 9.59 Å². The molecule has 0 aromatic carbocycles. The number of nitrogens with zero attached hydrogens (tertiary/aromatic N) is 3. The molecule has 13 heteroatoms. The van der Waals surface area contributed by atoms with Crippen LogP contribution in [-0.2, 0) is 11.3 Å². The lowest BCUT2D eigenvalue weighted by Crippen LogP contribution is -2.37. The van der Waals surface area contributed by atoms with E-state index in [2.05, 4.69) is 20.0 Å². The number of halogens is 3. The molecule has 0 spiro atoms. The van der Waals surface area contributed by atoms with Crippen LogP contribution in [0.15, 0.2) is 52.5 Å². The summed E-state index contributed by atoms with van der Waals surface area (Å²) in [4.78, 5) is 34.4. The summed E-state index contributed by atoms with van der Waals surface area (Å²) >= 11 is 0. The van der Waals surface area contributed by atoms with Gasteiger partial charge in [-0.2, -0.15) is 13.2 Å². The molecular weight excluding hydrogens is 445 g/mol. The van der Waals surface area contributed by atoms with Crippen LogP contribution >= 0.6 is 0 Å². The standard InChI is InChI=1S/C20H21F3N6O4/c1-10(16(25)32-8-20(21,22)23)5-14(24)11(2)29-7-13-12(19(29)31)3-4-27-17(13)28-18(30)15-6-26-9-33-15/h3-6,9,11H,7-8,24-25H2,1-2H3,(H,27,28,30)/b14-5-,16-10+. The van der Waals surface area contributed by atoms with Gasteiger partial charge in [-0.1, -0.05) is 0 Å².